The number of hydrogen-bond donors (Lipinski definition) is 1. The summed E-state index contributed by atoms with van der Waals surface area (Å²) in [5.41, 5.74) is 0. The third-order valence-corrected chi connectivity index (χ3v) is 4.71. The largest absolute Gasteiger partial charge is 0.395 e. The van der Waals surface area contributed by atoms with Crippen molar-refractivity contribution in [2.24, 2.45) is 0 Å². The maximum absolute atomic E-state index is 8.87. The first-order valence-electron chi connectivity index (χ1n) is 3.43. The maximum atomic E-state index is 8.87. The van der Waals surface area contributed by atoms with Crippen LogP contribution < -0.4 is 0 Å². The summed E-state index contributed by atoms with van der Waals surface area (Å²) in [6.07, 6.45) is 0. The molecule has 3 heteroatoms. The predicted molar refractivity (Wildman–Crippen MR) is 51.5 cm³/mol. The Morgan fingerprint density at radius 2 is 1.90 bits per heavy atom. The van der Waals surface area contributed by atoms with Gasteiger partial charge in [0.1, 0.15) is 0 Å². The first kappa shape index (κ1) is 10.7. The van der Waals surface area contributed by atoms with Crippen LogP contribution in [0.5, 0.6) is 0 Å². The van der Waals surface area contributed by atoms with E-state index in [1.807, 2.05) is 24.6 Å². The molecule has 0 bridgehead atoms. The Hall–Kier alpha value is 0.660. The summed E-state index contributed by atoms with van der Waals surface area (Å²) in [6, 6.07) is 0. The second-order valence-electron chi connectivity index (χ2n) is 3.15. The first-order chi connectivity index (χ1) is 4.48. The highest BCUT2D eigenvalue weighted by atomic mass is 33.1. The van der Waals surface area contributed by atoms with E-state index in [1.54, 1.807) is 10.8 Å². The molecule has 0 aliphatic heterocycles. The minimum Gasteiger partial charge on any atom is -0.395 e. The molecule has 0 saturated carbocycles. The number of aliphatic hydroxyl groups is 1. The number of rotatable bonds is 4. The van der Waals surface area contributed by atoms with E-state index in [0.717, 1.165) is 0 Å². The van der Waals surface area contributed by atoms with Crippen LogP contribution in [0.15, 0.2) is 0 Å². The summed E-state index contributed by atoms with van der Waals surface area (Å²) in [5.74, 6) is 0. The van der Waals surface area contributed by atoms with Crippen LogP contribution in [0.2, 0.25) is 0 Å². The Bertz CT molecular complexity index is 91.6. The summed E-state index contributed by atoms with van der Waals surface area (Å²) < 4.78 is 0.00887. The summed E-state index contributed by atoms with van der Waals surface area (Å²) in [5, 5.41) is 9.51. The van der Waals surface area contributed by atoms with Gasteiger partial charge in [-0.15, -0.1) is 0 Å². The SMILES string of the molecule is CC(C)SSC(C)(C)CO. The van der Waals surface area contributed by atoms with Crippen molar-refractivity contribution in [1.82, 2.24) is 0 Å². The van der Waals surface area contributed by atoms with Gasteiger partial charge in [0.15, 0.2) is 0 Å². The van der Waals surface area contributed by atoms with Crippen molar-refractivity contribution in [3.05, 3.63) is 0 Å². The molecule has 0 radical (unpaired) electrons. The lowest BCUT2D eigenvalue weighted by Crippen LogP contribution is -2.18. The Morgan fingerprint density at radius 1 is 1.40 bits per heavy atom. The van der Waals surface area contributed by atoms with Crippen molar-refractivity contribution in [2.45, 2.75) is 37.7 Å². The van der Waals surface area contributed by atoms with Gasteiger partial charge in [-0.1, -0.05) is 35.4 Å². The fourth-order valence-electron chi connectivity index (χ4n) is 0.253. The topological polar surface area (TPSA) is 20.2 Å². The second-order valence-corrected chi connectivity index (χ2v) is 6.63. The molecule has 0 aromatic carbocycles. The molecule has 0 atom stereocenters. The molecule has 0 heterocycles. The molecule has 0 rings (SSSR count). The Labute approximate surface area is 71.4 Å². The molecule has 0 aromatic rings. The van der Waals surface area contributed by atoms with Crippen molar-refractivity contribution < 1.29 is 5.11 Å². The summed E-state index contributed by atoms with van der Waals surface area (Å²) >= 11 is 0. The van der Waals surface area contributed by atoms with E-state index >= 15 is 0 Å². The van der Waals surface area contributed by atoms with Crippen LogP contribution in [0.25, 0.3) is 0 Å². The third kappa shape index (κ3) is 5.45. The highest BCUT2D eigenvalue weighted by molar-refractivity contribution is 8.77. The van der Waals surface area contributed by atoms with Crippen LogP contribution in [0, 0.1) is 0 Å². The van der Waals surface area contributed by atoms with Crippen molar-refractivity contribution >= 4 is 21.6 Å². The van der Waals surface area contributed by atoms with E-state index < -0.39 is 0 Å². The lowest BCUT2D eigenvalue weighted by molar-refractivity contribution is 0.265. The van der Waals surface area contributed by atoms with E-state index in [0.29, 0.717) is 5.25 Å². The lowest BCUT2D eigenvalue weighted by Gasteiger charge is -2.20. The van der Waals surface area contributed by atoms with Gasteiger partial charge in [0.2, 0.25) is 0 Å². The second kappa shape index (κ2) is 4.52. The van der Waals surface area contributed by atoms with Crippen LogP contribution in [0.3, 0.4) is 0 Å². The van der Waals surface area contributed by atoms with Crippen molar-refractivity contribution in [3.8, 4) is 0 Å². The molecule has 0 saturated heterocycles. The highest BCUT2D eigenvalue weighted by Gasteiger charge is 2.17. The van der Waals surface area contributed by atoms with Crippen molar-refractivity contribution in [1.29, 1.82) is 0 Å². The fourth-order valence-corrected chi connectivity index (χ4v) is 2.28. The fraction of sp³-hybridized carbons (Fsp3) is 1.00. The van der Waals surface area contributed by atoms with E-state index in [-0.39, 0.29) is 11.4 Å². The summed E-state index contributed by atoms with van der Waals surface area (Å²) in [7, 11) is 3.57. The highest BCUT2D eigenvalue weighted by Crippen LogP contribution is 2.37. The molecule has 0 unspecified atom stereocenters. The zero-order chi connectivity index (χ0) is 8.20. The lowest BCUT2D eigenvalue weighted by atomic mass is 10.2. The van der Waals surface area contributed by atoms with Crippen LogP contribution in [0.4, 0.5) is 0 Å². The van der Waals surface area contributed by atoms with Crippen LogP contribution in [-0.2, 0) is 0 Å². The maximum Gasteiger partial charge on any atom is 0.0581 e. The van der Waals surface area contributed by atoms with Crippen LogP contribution in [0.1, 0.15) is 27.7 Å². The van der Waals surface area contributed by atoms with Gasteiger partial charge >= 0.3 is 0 Å². The van der Waals surface area contributed by atoms with E-state index in [9.17, 15) is 0 Å². The molecule has 0 amide bonds. The van der Waals surface area contributed by atoms with Gasteiger partial charge in [0.25, 0.3) is 0 Å². The number of aliphatic hydroxyl groups excluding tert-OH is 1. The van der Waals surface area contributed by atoms with Crippen LogP contribution in [-0.4, -0.2) is 21.7 Å². The molecular formula is C7H16OS2. The molecule has 0 aliphatic rings. The van der Waals surface area contributed by atoms with Gasteiger partial charge in [-0.05, 0) is 13.8 Å². The molecule has 0 aromatic heterocycles. The van der Waals surface area contributed by atoms with E-state index in [2.05, 4.69) is 13.8 Å². The monoisotopic (exact) mass is 180 g/mol. The molecule has 1 nitrogen and oxygen atoms in total. The minimum atomic E-state index is 0.00887. The Morgan fingerprint density at radius 3 is 2.20 bits per heavy atom. The molecule has 0 spiro atoms. The normalized spacial score (nSPS) is 12.6. The third-order valence-electron chi connectivity index (χ3n) is 0.847. The standard InChI is InChI=1S/C7H16OS2/c1-6(2)9-10-7(3,4)5-8/h6,8H,5H2,1-4H3. The Kier molecular flexibility index (Phi) is 4.82. The minimum absolute atomic E-state index is 0.00887. The van der Waals surface area contributed by atoms with Gasteiger partial charge in [0, 0.05) is 10.00 Å². The summed E-state index contributed by atoms with van der Waals surface area (Å²) in [4.78, 5) is 0. The average Bonchev–Trinajstić information content (AvgIpc) is 1.85. The van der Waals surface area contributed by atoms with Crippen LogP contribution >= 0.6 is 21.6 Å². The van der Waals surface area contributed by atoms with Gasteiger partial charge in [-0.2, -0.15) is 0 Å². The molecule has 0 fully saturated rings. The molecule has 62 valence electrons. The predicted octanol–water partition coefficient (Wildman–Crippen LogP) is 2.55. The molecule has 0 aliphatic carbocycles. The van der Waals surface area contributed by atoms with E-state index in [4.69, 9.17) is 5.11 Å². The Balaban J connectivity index is 3.46. The van der Waals surface area contributed by atoms with E-state index in [1.165, 1.54) is 0 Å². The van der Waals surface area contributed by atoms with Crippen molar-refractivity contribution in [2.75, 3.05) is 6.61 Å². The van der Waals surface area contributed by atoms with Gasteiger partial charge in [0.05, 0.1) is 6.61 Å². The molecule has 10 heavy (non-hydrogen) atoms. The van der Waals surface area contributed by atoms with Gasteiger partial charge in [-0.3, -0.25) is 0 Å². The molecular weight excluding hydrogens is 164 g/mol. The average molecular weight is 180 g/mol. The van der Waals surface area contributed by atoms with Gasteiger partial charge < -0.3 is 5.11 Å². The quantitative estimate of drug-likeness (QED) is 0.671. The molecule has 1 N–H and O–H groups in total. The zero-order valence-electron chi connectivity index (χ0n) is 7.05. The summed E-state index contributed by atoms with van der Waals surface area (Å²) in [6.45, 7) is 8.66. The first-order valence-corrected chi connectivity index (χ1v) is 5.64. The number of hydrogen-bond acceptors (Lipinski definition) is 3. The van der Waals surface area contributed by atoms with Crippen molar-refractivity contribution in [3.63, 3.8) is 0 Å². The zero-order valence-corrected chi connectivity index (χ0v) is 8.68. The van der Waals surface area contributed by atoms with Gasteiger partial charge in [-0.25, -0.2) is 0 Å². The smallest absolute Gasteiger partial charge is 0.0581 e.